The van der Waals surface area contributed by atoms with Crippen molar-refractivity contribution in [1.82, 2.24) is 0 Å². The maximum Gasteiger partial charge on any atom is 0.148 e. The van der Waals surface area contributed by atoms with Gasteiger partial charge in [0.05, 0.1) is 11.4 Å². The standard InChI is InChI=1S/C14H21FN2/c1-9-5-3-8-13(10(9)2)17-14-11(15)6-4-7-12(14)16/h4,6-7,9-10,13,17H,3,5,8,16H2,1-2H3. The molecule has 1 saturated carbocycles. The quantitative estimate of drug-likeness (QED) is 0.769. The first-order valence-corrected chi connectivity index (χ1v) is 6.40. The summed E-state index contributed by atoms with van der Waals surface area (Å²) in [7, 11) is 0. The maximum absolute atomic E-state index is 13.7. The van der Waals surface area contributed by atoms with Crippen LogP contribution in [0.2, 0.25) is 0 Å². The molecule has 0 spiro atoms. The van der Waals surface area contributed by atoms with E-state index in [0.29, 0.717) is 29.3 Å². The summed E-state index contributed by atoms with van der Waals surface area (Å²) in [5, 5.41) is 3.30. The molecule has 1 aromatic carbocycles. The number of benzene rings is 1. The number of rotatable bonds is 2. The minimum Gasteiger partial charge on any atom is -0.397 e. The molecule has 2 nitrogen and oxygen atoms in total. The molecule has 3 heteroatoms. The van der Waals surface area contributed by atoms with E-state index in [1.54, 1.807) is 12.1 Å². The highest BCUT2D eigenvalue weighted by Crippen LogP contribution is 2.33. The average Bonchev–Trinajstić information content (AvgIpc) is 2.29. The Hall–Kier alpha value is -1.25. The van der Waals surface area contributed by atoms with E-state index in [9.17, 15) is 4.39 Å². The van der Waals surface area contributed by atoms with Crippen LogP contribution >= 0.6 is 0 Å². The number of nitrogens with one attached hydrogen (secondary N) is 1. The average molecular weight is 236 g/mol. The van der Waals surface area contributed by atoms with E-state index in [0.717, 1.165) is 6.42 Å². The number of nitrogens with two attached hydrogens (primary N) is 1. The fourth-order valence-electron chi connectivity index (χ4n) is 2.66. The van der Waals surface area contributed by atoms with E-state index < -0.39 is 0 Å². The minimum atomic E-state index is -0.254. The summed E-state index contributed by atoms with van der Waals surface area (Å²) in [6.07, 6.45) is 3.57. The van der Waals surface area contributed by atoms with Gasteiger partial charge in [-0.05, 0) is 30.4 Å². The lowest BCUT2D eigenvalue weighted by Gasteiger charge is -2.35. The number of nitrogen functional groups attached to an aromatic ring is 1. The second-order valence-electron chi connectivity index (χ2n) is 5.22. The fourth-order valence-corrected chi connectivity index (χ4v) is 2.66. The van der Waals surface area contributed by atoms with Crippen LogP contribution in [0.25, 0.3) is 0 Å². The summed E-state index contributed by atoms with van der Waals surface area (Å²) in [6.45, 7) is 4.50. The summed E-state index contributed by atoms with van der Waals surface area (Å²) >= 11 is 0. The molecule has 17 heavy (non-hydrogen) atoms. The number of para-hydroxylation sites is 1. The number of hydrogen-bond acceptors (Lipinski definition) is 2. The van der Waals surface area contributed by atoms with Gasteiger partial charge >= 0.3 is 0 Å². The van der Waals surface area contributed by atoms with Gasteiger partial charge in [0.2, 0.25) is 0 Å². The minimum absolute atomic E-state index is 0.254. The molecule has 1 aliphatic carbocycles. The molecule has 0 saturated heterocycles. The molecule has 3 unspecified atom stereocenters. The maximum atomic E-state index is 13.7. The molecule has 0 bridgehead atoms. The SMILES string of the molecule is CC1CCCC(Nc2c(N)cccc2F)C1C. The Morgan fingerprint density at radius 2 is 2.06 bits per heavy atom. The smallest absolute Gasteiger partial charge is 0.148 e. The van der Waals surface area contributed by atoms with Gasteiger partial charge < -0.3 is 11.1 Å². The Balaban J connectivity index is 2.15. The highest BCUT2D eigenvalue weighted by Gasteiger charge is 2.27. The Morgan fingerprint density at radius 1 is 1.29 bits per heavy atom. The van der Waals surface area contributed by atoms with E-state index in [-0.39, 0.29) is 5.82 Å². The number of anilines is 2. The highest BCUT2D eigenvalue weighted by atomic mass is 19.1. The van der Waals surface area contributed by atoms with Crippen molar-refractivity contribution in [2.24, 2.45) is 11.8 Å². The molecule has 0 aromatic heterocycles. The molecule has 94 valence electrons. The molecule has 0 heterocycles. The van der Waals surface area contributed by atoms with Crippen molar-refractivity contribution in [3.63, 3.8) is 0 Å². The van der Waals surface area contributed by atoms with Crippen molar-refractivity contribution in [3.8, 4) is 0 Å². The highest BCUT2D eigenvalue weighted by molar-refractivity contribution is 5.67. The molecule has 0 aliphatic heterocycles. The molecule has 3 atom stereocenters. The van der Waals surface area contributed by atoms with Crippen molar-refractivity contribution in [2.45, 2.75) is 39.2 Å². The Morgan fingerprint density at radius 3 is 2.76 bits per heavy atom. The second kappa shape index (κ2) is 4.94. The van der Waals surface area contributed by atoms with Gasteiger partial charge in [0, 0.05) is 6.04 Å². The van der Waals surface area contributed by atoms with Crippen LogP contribution in [0.5, 0.6) is 0 Å². The summed E-state index contributed by atoms with van der Waals surface area (Å²) in [4.78, 5) is 0. The van der Waals surface area contributed by atoms with Crippen molar-refractivity contribution in [1.29, 1.82) is 0 Å². The Labute approximate surface area is 102 Å². The zero-order valence-corrected chi connectivity index (χ0v) is 10.5. The molecule has 0 amide bonds. The van der Waals surface area contributed by atoms with Gasteiger partial charge in [0.15, 0.2) is 0 Å². The predicted octanol–water partition coefficient (Wildman–Crippen LogP) is 3.64. The lowest BCUT2D eigenvalue weighted by atomic mass is 9.78. The summed E-state index contributed by atoms with van der Waals surface area (Å²) in [5.41, 5.74) is 6.78. The lowest BCUT2D eigenvalue weighted by molar-refractivity contribution is 0.253. The largest absolute Gasteiger partial charge is 0.397 e. The van der Waals surface area contributed by atoms with E-state index in [1.807, 2.05) is 0 Å². The third kappa shape index (κ3) is 2.54. The summed E-state index contributed by atoms with van der Waals surface area (Å²) < 4.78 is 13.7. The second-order valence-corrected chi connectivity index (χ2v) is 5.22. The van der Waals surface area contributed by atoms with Gasteiger partial charge in [-0.1, -0.05) is 32.8 Å². The van der Waals surface area contributed by atoms with Crippen LogP contribution in [0.4, 0.5) is 15.8 Å². The molecule has 2 rings (SSSR count). The van der Waals surface area contributed by atoms with Crippen molar-refractivity contribution >= 4 is 11.4 Å². The third-order valence-corrected chi connectivity index (χ3v) is 4.08. The van der Waals surface area contributed by atoms with E-state index in [2.05, 4.69) is 19.2 Å². The molecular weight excluding hydrogens is 215 g/mol. The van der Waals surface area contributed by atoms with Gasteiger partial charge in [0.1, 0.15) is 5.82 Å². The van der Waals surface area contributed by atoms with Crippen LogP contribution in [-0.4, -0.2) is 6.04 Å². The first kappa shape index (κ1) is 12.2. The number of halogens is 1. The molecule has 1 aromatic rings. The van der Waals surface area contributed by atoms with Gasteiger partial charge in [-0.15, -0.1) is 0 Å². The van der Waals surface area contributed by atoms with Crippen LogP contribution in [0.15, 0.2) is 18.2 Å². The first-order chi connectivity index (χ1) is 8.09. The first-order valence-electron chi connectivity index (χ1n) is 6.40. The molecular formula is C14H21FN2. The van der Waals surface area contributed by atoms with Crippen LogP contribution in [-0.2, 0) is 0 Å². The molecule has 0 radical (unpaired) electrons. The third-order valence-electron chi connectivity index (χ3n) is 4.08. The van der Waals surface area contributed by atoms with Gasteiger partial charge in [0.25, 0.3) is 0 Å². The van der Waals surface area contributed by atoms with Crippen LogP contribution in [0.3, 0.4) is 0 Å². The van der Waals surface area contributed by atoms with Gasteiger partial charge in [-0.2, -0.15) is 0 Å². The monoisotopic (exact) mass is 236 g/mol. The summed E-state index contributed by atoms with van der Waals surface area (Å²) in [6, 6.07) is 5.17. The number of hydrogen-bond donors (Lipinski definition) is 2. The Bertz CT molecular complexity index is 372. The Kier molecular flexibility index (Phi) is 3.55. The zero-order valence-electron chi connectivity index (χ0n) is 10.5. The van der Waals surface area contributed by atoms with Crippen LogP contribution in [0.1, 0.15) is 33.1 Å². The van der Waals surface area contributed by atoms with Gasteiger partial charge in [-0.25, -0.2) is 4.39 Å². The molecule has 3 N–H and O–H groups in total. The fraction of sp³-hybridized carbons (Fsp3) is 0.571. The van der Waals surface area contributed by atoms with Crippen molar-refractivity contribution in [2.75, 3.05) is 11.1 Å². The van der Waals surface area contributed by atoms with Crippen LogP contribution < -0.4 is 11.1 Å². The normalized spacial score (nSPS) is 29.0. The van der Waals surface area contributed by atoms with Crippen molar-refractivity contribution < 1.29 is 4.39 Å². The predicted molar refractivity (Wildman–Crippen MR) is 70.4 cm³/mol. The zero-order chi connectivity index (χ0) is 12.4. The summed E-state index contributed by atoms with van der Waals surface area (Å²) in [5.74, 6) is 0.993. The van der Waals surface area contributed by atoms with Crippen LogP contribution in [0, 0.1) is 17.7 Å². The lowest BCUT2D eigenvalue weighted by Crippen LogP contribution is -2.35. The molecule has 1 aliphatic rings. The van der Waals surface area contributed by atoms with Crippen molar-refractivity contribution in [3.05, 3.63) is 24.0 Å². The van der Waals surface area contributed by atoms with E-state index in [4.69, 9.17) is 5.73 Å². The van der Waals surface area contributed by atoms with E-state index in [1.165, 1.54) is 18.9 Å². The molecule has 1 fully saturated rings. The topological polar surface area (TPSA) is 38.0 Å². The van der Waals surface area contributed by atoms with E-state index >= 15 is 0 Å². The van der Waals surface area contributed by atoms with Gasteiger partial charge in [-0.3, -0.25) is 0 Å².